The number of carbonyl (C=O) groups excluding carboxylic acids is 1. The predicted octanol–water partition coefficient (Wildman–Crippen LogP) is -0.116. The highest BCUT2D eigenvalue weighted by Crippen LogP contribution is 2.13. The van der Waals surface area contributed by atoms with Crippen molar-refractivity contribution in [2.75, 3.05) is 20.6 Å². The first kappa shape index (κ1) is 18.9. The van der Waals surface area contributed by atoms with E-state index in [2.05, 4.69) is 15.3 Å². The number of hydrogen-bond donors (Lipinski definition) is 2. The molecule has 2 N–H and O–H groups in total. The normalized spacial score (nSPS) is 11.4. The summed E-state index contributed by atoms with van der Waals surface area (Å²) < 4.78 is 3.32. The molecular formula is C16H26N6O3. The Hall–Kier alpha value is -2.42. The molecule has 2 aromatic rings. The molecule has 138 valence electrons. The summed E-state index contributed by atoms with van der Waals surface area (Å²) in [6, 6.07) is 0. The number of H-pyrrole nitrogens is 1. The molecule has 0 aliphatic rings. The van der Waals surface area contributed by atoms with Gasteiger partial charge in [0.25, 0.3) is 5.56 Å². The largest absolute Gasteiger partial charge is 0.358 e. The Morgan fingerprint density at radius 1 is 1.28 bits per heavy atom. The molecule has 0 aromatic carbocycles. The summed E-state index contributed by atoms with van der Waals surface area (Å²) in [6.07, 6.45) is 1.76. The summed E-state index contributed by atoms with van der Waals surface area (Å²) in [6.45, 7) is 5.65. The van der Waals surface area contributed by atoms with Gasteiger partial charge in [-0.05, 0) is 20.4 Å². The lowest BCUT2D eigenvalue weighted by Gasteiger charge is -2.15. The van der Waals surface area contributed by atoms with E-state index in [0.717, 1.165) is 12.8 Å². The molecule has 1 amide bonds. The van der Waals surface area contributed by atoms with Gasteiger partial charge in [-0.25, -0.2) is 9.78 Å². The van der Waals surface area contributed by atoms with Crippen LogP contribution in [0.1, 0.15) is 32.5 Å². The summed E-state index contributed by atoms with van der Waals surface area (Å²) in [7, 11) is 3.40. The molecule has 0 atom stereocenters. The van der Waals surface area contributed by atoms with Crippen molar-refractivity contribution in [3.8, 4) is 0 Å². The minimum atomic E-state index is -0.433. The summed E-state index contributed by atoms with van der Waals surface area (Å²) in [5.41, 5.74) is -0.0480. The van der Waals surface area contributed by atoms with E-state index in [1.165, 1.54) is 4.57 Å². The molecule has 2 rings (SSSR count). The second-order valence-electron chi connectivity index (χ2n) is 6.05. The highest BCUT2D eigenvalue weighted by atomic mass is 16.2. The molecule has 0 unspecified atom stereocenters. The van der Waals surface area contributed by atoms with Gasteiger partial charge in [-0.3, -0.25) is 24.0 Å². The van der Waals surface area contributed by atoms with Gasteiger partial charge in [0, 0.05) is 20.1 Å². The molecule has 0 saturated carbocycles. The van der Waals surface area contributed by atoms with Gasteiger partial charge in [-0.1, -0.05) is 13.3 Å². The van der Waals surface area contributed by atoms with Crippen molar-refractivity contribution >= 4 is 17.1 Å². The standard InChI is InChI=1S/C16H26N6O3/c1-5-7-8-22-14-13(15(24)19-16(22)25)21(6-2)11(18-14)9-20(4)10-12(23)17-3/h5-10H2,1-4H3,(H,17,23)(H,19,24,25). The first-order valence-electron chi connectivity index (χ1n) is 8.54. The van der Waals surface area contributed by atoms with Crippen LogP contribution in [0, 0.1) is 0 Å². The minimum Gasteiger partial charge on any atom is -0.358 e. The number of likely N-dealkylation sites (N-methyl/N-ethyl adjacent to an activating group) is 2. The fourth-order valence-corrected chi connectivity index (χ4v) is 2.82. The molecule has 0 radical (unpaired) electrons. The van der Waals surface area contributed by atoms with Gasteiger partial charge in [0.15, 0.2) is 11.2 Å². The van der Waals surface area contributed by atoms with Crippen LogP contribution >= 0.6 is 0 Å². The van der Waals surface area contributed by atoms with Crippen molar-refractivity contribution in [2.45, 2.75) is 46.3 Å². The zero-order valence-electron chi connectivity index (χ0n) is 15.3. The Balaban J connectivity index is 2.51. The van der Waals surface area contributed by atoms with Crippen LogP contribution in [0.25, 0.3) is 11.2 Å². The number of aryl methyl sites for hydroxylation is 2. The molecule has 2 aromatic heterocycles. The fraction of sp³-hybridized carbons (Fsp3) is 0.625. The van der Waals surface area contributed by atoms with Gasteiger partial charge < -0.3 is 9.88 Å². The fourth-order valence-electron chi connectivity index (χ4n) is 2.82. The van der Waals surface area contributed by atoms with E-state index in [1.54, 1.807) is 11.6 Å². The second-order valence-corrected chi connectivity index (χ2v) is 6.05. The van der Waals surface area contributed by atoms with Gasteiger partial charge in [-0.15, -0.1) is 0 Å². The summed E-state index contributed by atoms with van der Waals surface area (Å²) in [5, 5.41) is 2.58. The number of unbranched alkanes of at least 4 members (excludes halogenated alkanes) is 1. The summed E-state index contributed by atoms with van der Waals surface area (Å²) in [4.78, 5) is 44.8. The van der Waals surface area contributed by atoms with Gasteiger partial charge in [0.05, 0.1) is 13.1 Å². The topological polar surface area (TPSA) is 105 Å². The van der Waals surface area contributed by atoms with Crippen LogP contribution in [0.3, 0.4) is 0 Å². The number of nitrogens with zero attached hydrogens (tertiary/aromatic N) is 4. The maximum Gasteiger partial charge on any atom is 0.330 e. The Morgan fingerprint density at radius 2 is 2.00 bits per heavy atom. The number of fused-ring (bicyclic) bond motifs is 1. The summed E-state index contributed by atoms with van der Waals surface area (Å²) in [5.74, 6) is 0.560. The molecule has 0 saturated heterocycles. The first-order chi connectivity index (χ1) is 11.9. The van der Waals surface area contributed by atoms with Crippen molar-refractivity contribution in [2.24, 2.45) is 0 Å². The van der Waals surface area contributed by atoms with E-state index in [0.29, 0.717) is 36.6 Å². The van der Waals surface area contributed by atoms with Gasteiger partial charge in [0.2, 0.25) is 5.91 Å². The number of imidazole rings is 1. The third kappa shape index (κ3) is 3.98. The van der Waals surface area contributed by atoms with E-state index < -0.39 is 11.2 Å². The van der Waals surface area contributed by atoms with E-state index in [9.17, 15) is 14.4 Å². The number of aromatic nitrogens is 4. The van der Waals surface area contributed by atoms with E-state index in [-0.39, 0.29) is 12.5 Å². The monoisotopic (exact) mass is 350 g/mol. The quantitative estimate of drug-likeness (QED) is 0.691. The van der Waals surface area contributed by atoms with Crippen molar-refractivity contribution in [1.29, 1.82) is 0 Å². The third-order valence-corrected chi connectivity index (χ3v) is 4.12. The number of carbonyl (C=O) groups is 1. The Morgan fingerprint density at radius 3 is 2.60 bits per heavy atom. The molecule has 9 heteroatoms. The molecule has 0 spiro atoms. The minimum absolute atomic E-state index is 0.0978. The highest BCUT2D eigenvalue weighted by molar-refractivity contribution is 5.77. The van der Waals surface area contributed by atoms with E-state index in [1.807, 2.05) is 25.8 Å². The number of aromatic amines is 1. The lowest BCUT2D eigenvalue weighted by Crippen LogP contribution is -2.33. The van der Waals surface area contributed by atoms with Crippen LogP contribution < -0.4 is 16.6 Å². The molecule has 9 nitrogen and oxygen atoms in total. The van der Waals surface area contributed by atoms with Gasteiger partial charge in [-0.2, -0.15) is 0 Å². The highest BCUT2D eigenvalue weighted by Gasteiger charge is 2.19. The number of hydrogen-bond acceptors (Lipinski definition) is 5. The number of nitrogens with one attached hydrogen (secondary N) is 2. The maximum atomic E-state index is 12.3. The first-order valence-corrected chi connectivity index (χ1v) is 8.54. The van der Waals surface area contributed by atoms with E-state index >= 15 is 0 Å². The van der Waals surface area contributed by atoms with Crippen LogP contribution in [-0.4, -0.2) is 50.5 Å². The van der Waals surface area contributed by atoms with Gasteiger partial charge in [0.1, 0.15) is 5.82 Å². The SMILES string of the molecule is CCCCn1c(=O)[nH]c(=O)c2c1nc(CN(C)CC(=O)NC)n2CC. The number of rotatable bonds is 8. The second kappa shape index (κ2) is 8.11. The molecule has 0 aliphatic carbocycles. The zero-order valence-corrected chi connectivity index (χ0v) is 15.3. The van der Waals surface area contributed by atoms with Crippen LogP contribution in [0.5, 0.6) is 0 Å². The maximum absolute atomic E-state index is 12.3. The van der Waals surface area contributed by atoms with Crippen LogP contribution in [-0.2, 0) is 24.4 Å². The lowest BCUT2D eigenvalue weighted by molar-refractivity contribution is -0.121. The Bertz CT molecular complexity index is 863. The van der Waals surface area contributed by atoms with E-state index in [4.69, 9.17) is 0 Å². The smallest absolute Gasteiger partial charge is 0.330 e. The predicted molar refractivity (Wildman–Crippen MR) is 95.6 cm³/mol. The molecular weight excluding hydrogens is 324 g/mol. The van der Waals surface area contributed by atoms with Crippen molar-refractivity contribution in [3.63, 3.8) is 0 Å². The summed E-state index contributed by atoms with van der Waals surface area (Å²) >= 11 is 0. The lowest BCUT2D eigenvalue weighted by atomic mass is 10.3. The van der Waals surface area contributed by atoms with Crippen LogP contribution in [0.4, 0.5) is 0 Å². The molecule has 2 heterocycles. The Labute approximate surface area is 145 Å². The van der Waals surface area contributed by atoms with Crippen molar-refractivity contribution < 1.29 is 4.79 Å². The molecule has 25 heavy (non-hydrogen) atoms. The van der Waals surface area contributed by atoms with Crippen molar-refractivity contribution in [3.05, 3.63) is 26.7 Å². The van der Waals surface area contributed by atoms with Crippen LogP contribution in [0.2, 0.25) is 0 Å². The van der Waals surface area contributed by atoms with Gasteiger partial charge >= 0.3 is 5.69 Å². The average molecular weight is 350 g/mol. The Kier molecular flexibility index (Phi) is 6.13. The van der Waals surface area contributed by atoms with Crippen molar-refractivity contribution in [1.82, 2.24) is 29.3 Å². The third-order valence-electron chi connectivity index (χ3n) is 4.12. The molecule has 0 bridgehead atoms. The zero-order chi connectivity index (χ0) is 18.6. The molecule has 0 fully saturated rings. The average Bonchev–Trinajstić information content (AvgIpc) is 2.92. The number of amides is 1. The molecule has 0 aliphatic heterocycles. The van der Waals surface area contributed by atoms with Crippen LogP contribution in [0.15, 0.2) is 9.59 Å².